The molecule has 2 N–H and O–H groups in total. The van der Waals surface area contributed by atoms with Crippen LogP contribution in [0.2, 0.25) is 0 Å². The number of hydrogen-bond donors (Lipinski definition) is 2. The Morgan fingerprint density at radius 2 is 2.20 bits per heavy atom. The summed E-state index contributed by atoms with van der Waals surface area (Å²) in [5.74, 6) is -0.954. The molecule has 0 aromatic carbocycles. The lowest BCUT2D eigenvalue weighted by Crippen LogP contribution is -2.33. The molecule has 1 aliphatic rings. The smallest absolute Gasteiger partial charge is 0.321 e. The van der Waals surface area contributed by atoms with Crippen molar-refractivity contribution >= 4 is 17.7 Å². The topological polar surface area (TPSA) is 91.8 Å². The van der Waals surface area contributed by atoms with Gasteiger partial charge in [-0.3, -0.25) is 4.79 Å². The number of anilines is 1. The first-order valence-corrected chi connectivity index (χ1v) is 6.30. The Balaban J connectivity index is 1.96. The molecule has 0 radical (unpaired) electrons. The second-order valence-electron chi connectivity index (χ2n) is 4.85. The summed E-state index contributed by atoms with van der Waals surface area (Å²) in [6, 6.07) is 3.01. The van der Waals surface area contributed by atoms with E-state index in [0.29, 0.717) is 18.1 Å². The standard InChI is InChI=1S/C13H17N3O4/c1-8-6-16(7-10(8)12(17)18)13(19)15-9-3-4-11(20-2)14-5-9/h3-5,8,10H,6-7H2,1-2H3,(H,15,19)(H,17,18). The number of nitrogens with one attached hydrogen (secondary N) is 1. The van der Waals surface area contributed by atoms with Crippen molar-refractivity contribution in [3.05, 3.63) is 18.3 Å². The Hall–Kier alpha value is -2.31. The fourth-order valence-corrected chi connectivity index (χ4v) is 2.23. The average Bonchev–Trinajstić information content (AvgIpc) is 2.82. The molecule has 2 unspecified atom stereocenters. The van der Waals surface area contributed by atoms with E-state index in [1.165, 1.54) is 18.2 Å². The van der Waals surface area contributed by atoms with Crippen LogP contribution in [0.3, 0.4) is 0 Å². The van der Waals surface area contributed by atoms with Gasteiger partial charge in [0.25, 0.3) is 0 Å². The first kappa shape index (κ1) is 14.1. The number of pyridine rings is 1. The van der Waals surface area contributed by atoms with Crippen LogP contribution in [0.25, 0.3) is 0 Å². The van der Waals surface area contributed by atoms with E-state index in [2.05, 4.69) is 10.3 Å². The minimum absolute atomic E-state index is 0.0488. The van der Waals surface area contributed by atoms with Crippen LogP contribution in [0.1, 0.15) is 6.92 Å². The molecular weight excluding hydrogens is 262 g/mol. The zero-order valence-electron chi connectivity index (χ0n) is 11.4. The summed E-state index contributed by atoms with van der Waals surface area (Å²) in [6.07, 6.45) is 1.49. The lowest BCUT2D eigenvalue weighted by Gasteiger charge is -2.16. The Bertz CT molecular complexity index is 503. The highest BCUT2D eigenvalue weighted by molar-refractivity contribution is 5.90. The summed E-state index contributed by atoms with van der Waals surface area (Å²) in [7, 11) is 1.51. The summed E-state index contributed by atoms with van der Waals surface area (Å²) >= 11 is 0. The van der Waals surface area contributed by atoms with E-state index >= 15 is 0 Å². The molecule has 1 aliphatic heterocycles. The number of methoxy groups -OCH3 is 1. The van der Waals surface area contributed by atoms with E-state index in [0.717, 1.165) is 0 Å². The Kier molecular flexibility index (Phi) is 4.07. The first-order chi connectivity index (χ1) is 9.51. The third kappa shape index (κ3) is 2.98. The first-order valence-electron chi connectivity index (χ1n) is 6.30. The van der Waals surface area contributed by atoms with E-state index < -0.39 is 11.9 Å². The normalized spacial score (nSPS) is 21.6. The molecule has 0 spiro atoms. The van der Waals surface area contributed by atoms with Gasteiger partial charge < -0.3 is 20.1 Å². The highest BCUT2D eigenvalue weighted by Gasteiger charge is 2.36. The predicted molar refractivity (Wildman–Crippen MR) is 71.7 cm³/mol. The average molecular weight is 279 g/mol. The number of amides is 2. The van der Waals surface area contributed by atoms with Gasteiger partial charge >= 0.3 is 12.0 Å². The highest BCUT2D eigenvalue weighted by atomic mass is 16.5. The van der Waals surface area contributed by atoms with Gasteiger partial charge in [0, 0.05) is 19.2 Å². The maximum atomic E-state index is 12.0. The molecule has 0 saturated carbocycles. The quantitative estimate of drug-likeness (QED) is 0.869. The molecule has 7 heteroatoms. The van der Waals surface area contributed by atoms with Gasteiger partial charge in [0.1, 0.15) is 0 Å². The molecule has 2 amide bonds. The summed E-state index contributed by atoms with van der Waals surface area (Å²) < 4.78 is 4.93. The van der Waals surface area contributed by atoms with Crippen LogP contribution in [0, 0.1) is 11.8 Å². The second kappa shape index (κ2) is 5.77. The van der Waals surface area contributed by atoms with Crippen LogP contribution in [0.15, 0.2) is 18.3 Å². The summed E-state index contributed by atoms with van der Waals surface area (Å²) in [4.78, 5) is 28.6. The van der Waals surface area contributed by atoms with Gasteiger partial charge in [-0.15, -0.1) is 0 Å². The molecule has 2 rings (SSSR count). The maximum absolute atomic E-state index is 12.0. The Labute approximate surface area is 116 Å². The van der Waals surface area contributed by atoms with Gasteiger partial charge in [-0.1, -0.05) is 6.92 Å². The second-order valence-corrected chi connectivity index (χ2v) is 4.85. The van der Waals surface area contributed by atoms with Crippen molar-refractivity contribution in [3.63, 3.8) is 0 Å². The number of carboxylic acid groups (broad SMARTS) is 1. The van der Waals surface area contributed by atoms with E-state index in [1.807, 2.05) is 6.92 Å². The zero-order valence-corrected chi connectivity index (χ0v) is 11.4. The molecule has 1 aromatic heterocycles. The van der Waals surface area contributed by atoms with Crippen molar-refractivity contribution in [2.45, 2.75) is 6.92 Å². The van der Waals surface area contributed by atoms with Crippen LogP contribution < -0.4 is 10.1 Å². The number of aliphatic carboxylic acids is 1. The van der Waals surface area contributed by atoms with Crippen LogP contribution in [-0.4, -0.2) is 47.2 Å². The Morgan fingerprint density at radius 1 is 1.45 bits per heavy atom. The minimum atomic E-state index is -0.862. The largest absolute Gasteiger partial charge is 0.481 e. The molecule has 0 bridgehead atoms. The van der Waals surface area contributed by atoms with E-state index in [1.54, 1.807) is 12.1 Å². The maximum Gasteiger partial charge on any atom is 0.321 e. The van der Waals surface area contributed by atoms with E-state index in [4.69, 9.17) is 9.84 Å². The number of rotatable bonds is 3. The van der Waals surface area contributed by atoms with Crippen LogP contribution in [0.5, 0.6) is 5.88 Å². The van der Waals surface area contributed by atoms with Gasteiger partial charge in [-0.2, -0.15) is 0 Å². The lowest BCUT2D eigenvalue weighted by atomic mass is 9.99. The van der Waals surface area contributed by atoms with E-state index in [-0.39, 0.29) is 18.5 Å². The number of carbonyl (C=O) groups is 2. The van der Waals surface area contributed by atoms with Crippen molar-refractivity contribution in [2.24, 2.45) is 11.8 Å². The minimum Gasteiger partial charge on any atom is -0.481 e. The number of nitrogens with zero attached hydrogens (tertiary/aromatic N) is 2. The molecule has 108 valence electrons. The van der Waals surface area contributed by atoms with Crippen molar-refractivity contribution in [1.82, 2.24) is 9.88 Å². The molecule has 1 saturated heterocycles. The van der Waals surface area contributed by atoms with Gasteiger partial charge in [0.2, 0.25) is 5.88 Å². The molecule has 2 atom stereocenters. The number of aromatic nitrogens is 1. The van der Waals surface area contributed by atoms with Gasteiger partial charge in [0.15, 0.2) is 0 Å². The lowest BCUT2D eigenvalue weighted by molar-refractivity contribution is -0.142. The van der Waals surface area contributed by atoms with Gasteiger partial charge in [-0.05, 0) is 12.0 Å². The third-order valence-electron chi connectivity index (χ3n) is 3.41. The molecule has 0 aliphatic carbocycles. The van der Waals surface area contributed by atoms with Crippen molar-refractivity contribution in [2.75, 3.05) is 25.5 Å². The fourth-order valence-electron chi connectivity index (χ4n) is 2.23. The van der Waals surface area contributed by atoms with Crippen molar-refractivity contribution < 1.29 is 19.4 Å². The number of hydrogen-bond acceptors (Lipinski definition) is 4. The zero-order chi connectivity index (χ0) is 14.7. The molecule has 1 aromatic rings. The molecule has 1 fully saturated rings. The van der Waals surface area contributed by atoms with Crippen molar-refractivity contribution in [3.8, 4) is 5.88 Å². The number of likely N-dealkylation sites (tertiary alicyclic amines) is 1. The predicted octanol–water partition coefficient (Wildman–Crippen LogP) is 1.27. The monoisotopic (exact) mass is 279 g/mol. The summed E-state index contributed by atoms with van der Waals surface area (Å²) in [5.41, 5.74) is 0.544. The van der Waals surface area contributed by atoms with Crippen LogP contribution in [0.4, 0.5) is 10.5 Å². The molecule has 20 heavy (non-hydrogen) atoms. The van der Waals surface area contributed by atoms with E-state index in [9.17, 15) is 9.59 Å². The number of ether oxygens (including phenoxy) is 1. The van der Waals surface area contributed by atoms with Crippen LogP contribution >= 0.6 is 0 Å². The van der Waals surface area contributed by atoms with Gasteiger partial charge in [-0.25, -0.2) is 9.78 Å². The number of urea groups is 1. The highest BCUT2D eigenvalue weighted by Crippen LogP contribution is 2.24. The van der Waals surface area contributed by atoms with Crippen molar-refractivity contribution in [1.29, 1.82) is 0 Å². The Morgan fingerprint density at radius 3 is 2.70 bits per heavy atom. The fraction of sp³-hybridized carbons (Fsp3) is 0.462. The van der Waals surface area contributed by atoms with Gasteiger partial charge in [0.05, 0.1) is 24.9 Å². The molecular formula is C13H17N3O4. The van der Waals surface area contributed by atoms with Crippen LogP contribution in [-0.2, 0) is 4.79 Å². The number of carbonyl (C=O) groups excluding carboxylic acids is 1. The third-order valence-corrected chi connectivity index (χ3v) is 3.41. The summed E-state index contributed by atoms with van der Waals surface area (Å²) in [5, 5.41) is 11.7. The summed E-state index contributed by atoms with van der Waals surface area (Å²) in [6.45, 7) is 2.50. The SMILES string of the molecule is COc1ccc(NC(=O)N2CC(C)C(C(=O)O)C2)cn1. The molecule has 2 heterocycles. The molecule has 7 nitrogen and oxygen atoms in total. The number of carboxylic acids is 1.